The van der Waals surface area contributed by atoms with E-state index in [4.69, 9.17) is 14.2 Å². The number of anilines is 1. The zero-order valence-corrected chi connectivity index (χ0v) is 23.8. The summed E-state index contributed by atoms with van der Waals surface area (Å²) in [5, 5.41) is 14.1. The minimum Gasteiger partial charge on any atom is -0.493 e. The van der Waals surface area contributed by atoms with Gasteiger partial charge in [-0.15, -0.1) is 0 Å². The minimum atomic E-state index is -0.790. The van der Waals surface area contributed by atoms with Crippen molar-refractivity contribution in [1.29, 1.82) is 0 Å². The van der Waals surface area contributed by atoms with E-state index in [-0.39, 0.29) is 6.04 Å². The molecule has 0 spiro atoms. The molecular formula is C34H38N2O5. The highest BCUT2D eigenvalue weighted by molar-refractivity contribution is 5.76. The molecule has 0 aromatic heterocycles. The standard InChI is InChI=1S/C34H38N2O5/c1-25(18-28-14-16-33(39-2)34(19-28)40-3)36(21-26-10-6-4-7-11-26)22-31(38)29-15-17-32(30(20-29)35-24-37)41-23-27-12-8-5-9-13-27/h4-17,19-20,24-25,31,38H,18,21-23H2,1-3H3,(H,35,37). The van der Waals surface area contributed by atoms with Crippen LogP contribution in [0, 0.1) is 0 Å². The average molecular weight is 555 g/mol. The van der Waals surface area contributed by atoms with Gasteiger partial charge in [0.2, 0.25) is 6.41 Å². The molecule has 41 heavy (non-hydrogen) atoms. The molecule has 2 atom stereocenters. The fourth-order valence-electron chi connectivity index (χ4n) is 4.82. The first-order valence-electron chi connectivity index (χ1n) is 13.7. The zero-order valence-electron chi connectivity index (χ0n) is 23.8. The largest absolute Gasteiger partial charge is 0.493 e. The molecule has 7 heteroatoms. The van der Waals surface area contributed by atoms with Crippen LogP contribution in [0.25, 0.3) is 0 Å². The Balaban J connectivity index is 1.52. The Morgan fingerprint density at radius 3 is 2.12 bits per heavy atom. The van der Waals surface area contributed by atoms with Gasteiger partial charge in [0.15, 0.2) is 11.5 Å². The highest BCUT2D eigenvalue weighted by atomic mass is 16.5. The predicted molar refractivity (Wildman–Crippen MR) is 161 cm³/mol. The summed E-state index contributed by atoms with van der Waals surface area (Å²) in [5.41, 5.74) is 4.50. The summed E-state index contributed by atoms with van der Waals surface area (Å²) < 4.78 is 16.9. The molecule has 0 saturated carbocycles. The number of nitrogens with one attached hydrogen (secondary N) is 1. The van der Waals surface area contributed by atoms with E-state index in [0.29, 0.717) is 54.6 Å². The molecule has 0 bridgehead atoms. The molecule has 2 N–H and O–H groups in total. The molecule has 0 aliphatic carbocycles. The van der Waals surface area contributed by atoms with Crippen LogP contribution in [0.3, 0.4) is 0 Å². The number of benzene rings is 4. The molecule has 0 fully saturated rings. The van der Waals surface area contributed by atoms with Crippen molar-refractivity contribution in [2.75, 3.05) is 26.1 Å². The minimum absolute atomic E-state index is 0.101. The Hall–Kier alpha value is -4.33. The summed E-state index contributed by atoms with van der Waals surface area (Å²) in [6.45, 7) is 3.60. The van der Waals surface area contributed by atoms with Crippen LogP contribution in [0.4, 0.5) is 5.69 Å². The number of carbonyl (C=O) groups is 1. The van der Waals surface area contributed by atoms with Gasteiger partial charge in [-0.1, -0.05) is 72.8 Å². The van der Waals surface area contributed by atoms with E-state index in [1.165, 1.54) is 0 Å². The third-order valence-corrected chi connectivity index (χ3v) is 7.08. The van der Waals surface area contributed by atoms with Crippen molar-refractivity contribution in [1.82, 2.24) is 4.90 Å². The number of methoxy groups -OCH3 is 2. The van der Waals surface area contributed by atoms with E-state index in [9.17, 15) is 9.90 Å². The lowest BCUT2D eigenvalue weighted by Crippen LogP contribution is -2.37. The Morgan fingerprint density at radius 1 is 0.805 bits per heavy atom. The van der Waals surface area contributed by atoms with Gasteiger partial charge in [-0.2, -0.15) is 0 Å². The van der Waals surface area contributed by atoms with Crippen LogP contribution < -0.4 is 19.5 Å². The second-order valence-corrected chi connectivity index (χ2v) is 9.97. The number of carbonyl (C=O) groups excluding carboxylic acids is 1. The Bertz CT molecular complexity index is 1380. The van der Waals surface area contributed by atoms with Gasteiger partial charge in [0.1, 0.15) is 12.4 Å². The van der Waals surface area contributed by atoms with E-state index in [1.807, 2.05) is 72.8 Å². The maximum Gasteiger partial charge on any atom is 0.211 e. The normalized spacial score (nSPS) is 12.4. The first kappa shape index (κ1) is 29.6. The summed E-state index contributed by atoms with van der Waals surface area (Å²) in [6.07, 6.45) is 0.583. The van der Waals surface area contributed by atoms with E-state index >= 15 is 0 Å². The van der Waals surface area contributed by atoms with Crippen LogP contribution >= 0.6 is 0 Å². The number of ether oxygens (including phenoxy) is 3. The van der Waals surface area contributed by atoms with Crippen molar-refractivity contribution < 1.29 is 24.1 Å². The van der Waals surface area contributed by atoms with Crippen molar-refractivity contribution in [3.8, 4) is 17.2 Å². The second kappa shape index (κ2) is 14.9. The summed E-state index contributed by atoms with van der Waals surface area (Å²) in [5.74, 6) is 1.92. The molecule has 1 amide bonds. The molecule has 4 rings (SSSR count). The van der Waals surface area contributed by atoms with Crippen LogP contribution in [-0.4, -0.2) is 43.2 Å². The van der Waals surface area contributed by atoms with Gasteiger partial charge in [0.05, 0.1) is 26.0 Å². The number of amides is 1. The van der Waals surface area contributed by atoms with Crippen LogP contribution in [0.1, 0.15) is 35.3 Å². The third kappa shape index (κ3) is 8.33. The summed E-state index contributed by atoms with van der Waals surface area (Å²) in [7, 11) is 3.26. The van der Waals surface area contributed by atoms with Crippen LogP contribution in [-0.2, 0) is 24.4 Å². The van der Waals surface area contributed by atoms with E-state index in [0.717, 1.165) is 23.1 Å². The monoisotopic (exact) mass is 554 g/mol. The molecular weight excluding hydrogens is 516 g/mol. The number of hydrogen-bond donors (Lipinski definition) is 2. The molecule has 0 aliphatic heterocycles. The number of aliphatic hydroxyl groups excluding tert-OH is 1. The van der Waals surface area contributed by atoms with Crippen molar-refractivity contribution in [2.45, 2.75) is 38.6 Å². The lowest BCUT2D eigenvalue weighted by Gasteiger charge is -2.31. The predicted octanol–water partition coefficient (Wildman–Crippen LogP) is 6.02. The number of hydrogen-bond acceptors (Lipinski definition) is 6. The molecule has 0 radical (unpaired) electrons. The fourth-order valence-corrected chi connectivity index (χ4v) is 4.82. The van der Waals surface area contributed by atoms with Crippen LogP contribution in [0.15, 0.2) is 97.1 Å². The molecule has 214 valence electrons. The Kier molecular flexibility index (Phi) is 10.8. The first-order chi connectivity index (χ1) is 20.0. The van der Waals surface area contributed by atoms with E-state index < -0.39 is 6.10 Å². The summed E-state index contributed by atoms with van der Waals surface area (Å²) in [4.78, 5) is 13.6. The maximum atomic E-state index is 11.4. The van der Waals surface area contributed by atoms with Crippen molar-refractivity contribution in [2.24, 2.45) is 0 Å². The van der Waals surface area contributed by atoms with Crippen molar-refractivity contribution in [3.05, 3.63) is 119 Å². The molecule has 2 unspecified atom stereocenters. The van der Waals surface area contributed by atoms with E-state index in [1.54, 1.807) is 26.4 Å². The van der Waals surface area contributed by atoms with Crippen molar-refractivity contribution in [3.63, 3.8) is 0 Å². The molecule has 0 saturated heterocycles. The van der Waals surface area contributed by atoms with Gasteiger partial charge in [-0.05, 0) is 59.9 Å². The molecule has 7 nitrogen and oxygen atoms in total. The highest BCUT2D eigenvalue weighted by Crippen LogP contribution is 2.31. The zero-order chi connectivity index (χ0) is 29.0. The van der Waals surface area contributed by atoms with E-state index in [2.05, 4.69) is 29.3 Å². The second-order valence-electron chi connectivity index (χ2n) is 9.97. The van der Waals surface area contributed by atoms with Gasteiger partial charge >= 0.3 is 0 Å². The molecule has 0 heterocycles. The third-order valence-electron chi connectivity index (χ3n) is 7.08. The summed E-state index contributed by atoms with van der Waals surface area (Å²) in [6, 6.07) is 31.5. The first-order valence-corrected chi connectivity index (χ1v) is 13.7. The van der Waals surface area contributed by atoms with Gasteiger partial charge in [0, 0.05) is 19.1 Å². The average Bonchev–Trinajstić information content (AvgIpc) is 3.01. The van der Waals surface area contributed by atoms with Gasteiger partial charge in [0.25, 0.3) is 0 Å². The number of nitrogens with zero attached hydrogens (tertiary/aromatic N) is 1. The smallest absolute Gasteiger partial charge is 0.211 e. The lowest BCUT2D eigenvalue weighted by atomic mass is 10.0. The van der Waals surface area contributed by atoms with Crippen LogP contribution in [0.2, 0.25) is 0 Å². The number of aliphatic hydroxyl groups is 1. The topological polar surface area (TPSA) is 80.3 Å². The van der Waals surface area contributed by atoms with Crippen molar-refractivity contribution >= 4 is 12.1 Å². The summed E-state index contributed by atoms with van der Waals surface area (Å²) >= 11 is 0. The maximum absolute atomic E-state index is 11.4. The SMILES string of the molecule is COc1ccc(CC(C)N(Cc2ccccc2)CC(O)c2ccc(OCc3ccccc3)c(NC=O)c2)cc1OC. The highest BCUT2D eigenvalue weighted by Gasteiger charge is 2.21. The molecule has 4 aromatic rings. The lowest BCUT2D eigenvalue weighted by molar-refractivity contribution is -0.105. The Morgan fingerprint density at radius 2 is 1.46 bits per heavy atom. The van der Waals surface area contributed by atoms with Gasteiger partial charge in [-0.25, -0.2) is 0 Å². The van der Waals surface area contributed by atoms with Gasteiger partial charge < -0.3 is 24.6 Å². The molecule has 0 aliphatic rings. The quantitative estimate of drug-likeness (QED) is 0.175. The number of rotatable bonds is 15. The Labute approximate surface area is 242 Å². The fraction of sp³-hybridized carbons (Fsp3) is 0.265. The van der Waals surface area contributed by atoms with Crippen LogP contribution in [0.5, 0.6) is 17.2 Å². The van der Waals surface area contributed by atoms with Gasteiger partial charge in [-0.3, -0.25) is 9.69 Å². The molecule has 4 aromatic carbocycles.